The lowest BCUT2D eigenvalue weighted by Gasteiger charge is -2.15. The number of nitrogens with zero attached hydrogens (tertiary/aromatic N) is 5. The maximum absolute atomic E-state index is 11.3. The molecule has 0 unspecified atom stereocenters. The Hall–Kier alpha value is -3.76. The van der Waals surface area contributed by atoms with Crippen LogP contribution in [-0.2, 0) is 20.2 Å². The van der Waals surface area contributed by atoms with Crippen LogP contribution in [0.25, 0.3) is 10.9 Å². The molecule has 3 aromatic rings. The number of nitrogens with one attached hydrogen (secondary N) is 2. The largest absolute Gasteiger partial charge is 0.478 e. The molecule has 1 aromatic carbocycles. The number of pyridine rings is 1. The summed E-state index contributed by atoms with van der Waals surface area (Å²) in [5, 5.41) is 33.2. The first-order valence-corrected chi connectivity index (χ1v) is 14.2. The van der Waals surface area contributed by atoms with E-state index in [1.165, 1.54) is 25.1 Å². The summed E-state index contributed by atoms with van der Waals surface area (Å²) in [6, 6.07) is 6.22. The second kappa shape index (κ2) is 11.1. The number of hydrogen-bond acceptors (Lipinski definition) is 13. The lowest BCUT2D eigenvalue weighted by atomic mass is 10.1. The van der Waals surface area contributed by atoms with Crippen LogP contribution in [-0.4, -0.2) is 71.0 Å². The van der Waals surface area contributed by atoms with Gasteiger partial charge < -0.3 is 15.7 Å². The highest BCUT2D eigenvalue weighted by molar-refractivity contribution is 7.86. The highest BCUT2D eigenvalue weighted by atomic mass is 32.2. The van der Waals surface area contributed by atoms with E-state index in [2.05, 4.69) is 30.2 Å². The molecule has 0 saturated heterocycles. The number of aromatic nitrogens is 2. The summed E-state index contributed by atoms with van der Waals surface area (Å²) in [6.45, 7) is 0.920. The van der Waals surface area contributed by atoms with Crippen molar-refractivity contribution in [1.29, 1.82) is 5.26 Å². The van der Waals surface area contributed by atoms with Crippen molar-refractivity contribution in [3.8, 4) is 6.07 Å². The lowest BCUT2D eigenvalue weighted by Crippen LogP contribution is -2.18. The summed E-state index contributed by atoms with van der Waals surface area (Å²) in [5.41, 5.74) is 0.753. The van der Waals surface area contributed by atoms with Gasteiger partial charge in [-0.25, -0.2) is 9.78 Å². The van der Waals surface area contributed by atoms with Crippen LogP contribution in [0.4, 0.5) is 22.3 Å². The van der Waals surface area contributed by atoms with Crippen LogP contribution >= 0.6 is 11.5 Å². The predicted octanol–water partition coefficient (Wildman–Crippen LogP) is 2.58. The van der Waals surface area contributed by atoms with Gasteiger partial charge in [0.2, 0.25) is 0 Å². The number of rotatable bonds is 11. The summed E-state index contributed by atoms with van der Waals surface area (Å²) in [6.07, 6.45) is 0. The van der Waals surface area contributed by atoms with Crippen molar-refractivity contribution in [2.24, 2.45) is 10.2 Å². The minimum absolute atomic E-state index is 0.0154. The molecular formula is C19H19N7O8S3. The third-order valence-electron chi connectivity index (χ3n) is 4.78. The number of benzene rings is 1. The van der Waals surface area contributed by atoms with Gasteiger partial charge in [0.05, 0.1) is 28.1 Å². The van der Waals surface area contributed by atoms with E-state index in [0.717, 1.165) is 11.5 Å². The van der Waals surface area contributed by atoms with E-state index in [4.69, 9.17) is 9.11 Å². The van der Waals surface area contributed by atoms with Gasteiger partial charge in [0, 0.05) is 24.0 Å². The molecule has 0 atom stereocenters. The van der Waals surface area contributed by atoms with E-state index < -0.39 is 37.7 Å². The van der Waals surface area contributed by atoms with Crippen molar-refractivity contribution in [3.05, 3.63) is 34.9 Å². The Balaban J connectivity index is 2.05. The number of carboxylic acid groups (broad SMARTS) is 1. The fourth-order valence-electron chi connectivity index (χ4n) is 3.03. The van der Waals surface area contributed by atoms with Crippen molar-refractivity contribution in [2.45, 2.75) is 6.92 Å². The average Bonchev–Trinajstić information content (AvgIpc) is 3.19. The molecule has 196 valence electrons. The number of nitriles is 1. The summed E-state index contributed by atoms with van der Waals surface area (Å²) in [7, 11) is -8.61. The number of fused-ring (bicyclic) bond motifs is 1. The van der Waals surface area contributed by atoms with Crippen molar-refractivity contribution >= 4 is 71.0 Å². The first-order valence-electron chi connectivity index (χ1n) is 10.2. The van der Waals surface area contributed by atoms with Crippen LogP contribution < -0.4 is 10.6 Å². The molecule has 0 fully saturated rings. The normalized spacial score (nSPS) is 12.1. The van der Waals surface area contributed by atoms with Gasteiger partial charge in [-0.2, -0.15) is 26.5 Å². The Morgan fingerprint density at radius 1 is 1.08 bits per heavy atom. The van der Waals surface area contributed by atoms with Gasteiger partial charge in [-0.15, -0.1) is 10.2 Å². The van der Waals surface area contributed by atoms with E-state index in [1.807, 2.05) is 6.07 Å². The molecule has 0 aliphatic heterocycles. The maximum atomic E-state index is 11.3. The molecular weight excluding hydrogens is 550 g/mol. The number of azo groups is 1. The van der Waals surface area contributed by atoms with Crippen LogP contribution in [0.3, 0.4) is 0 Å². The second-order valence-electron chi connectivity index (χ2n) is 7.42. The second-order valence-corrected chi connectivity index (χ2v) is 11.3. The molecule has 0 amide bonds. The Morgan fingerprint density at radius 2 is 1.70 bits per heavy atom. The van der Waals surface area contributed by atoms with E-state index >= 15 is 0 Å². The zero-order valence-electron chi connectivity index (χ0n) is 18.9. The first kappa shape index (κ1) is 27.8. The standard InChI is InChI=1S/C19H19N7O8S3/c1-10-13(9-20)16(21-4-6-36(29,30)31)23-17(22-5-7-37(32,33)34)15(10)24-25-18-12-8-11(19(27)28)2-3-14(12)26-35-18/h2-3,8H,4-7H2,1H3,(H,27,28)(H2,21,22,23)(H,29,30,31)(H,32,33,34). The highest BCUT2D eigenvalue weighted by Crippen LogP contribution is 2.37. The molecule has 18 heteroatoms. The Labute approximate surface area is 214 Å². The van der Waals surface area contributed by atoms with Crippen molar-refractivity contribution in [2.75, 3.05) is 35.2 Å². The molecule has 15 nitrogen and oxygen atoms in total. The van der Waals surface area contributed by atoms with E-state index in [9.17, 15) is 32.0 Å². The monoisotopic (exact) mass is 569 g/mol. The van der Waals surface area contributed by atoms with Crippen LogP contribution in [0, 0.1) is 18.3 Å². The van der Waals surface area contributed by atoms with E-state index in [0.29, 0.717) is 10.9 Å². The van der Waals surface area contributed by atoms with Gasteiger partial charge >= 0.3 is 5.97 Å². The molecule has 2 heterocycles. The maximum Gasteiger partial charge on any atom is 0.335 e. The van der Waals surface area contributed by atoms with Gasteiger partial charge in [0.25, 0.3) is 20.2 Å². The van der Waals surface area contributed by atoms with Crippen LogP contribution in [0.1, 0.15) is 21.5 Å². The molecule has 0 spiro atoms. The molecule has 0 bridgehead atoms. The Bertz CT molecular complexity index is 1640. The molecule has 3 rings (SSSR count). The topological polar surface area (TPSA) is 244 Å². The summed E-state index contributed by atoms with van der Waals surface area (Å²) in [4.78, 5) is 15.5. The van der Waals surface area contributed by atoms with Gasteiger partial charge in [0.1, 0.15) is 17.6 Å². The highest BCUT2D eigenvalue weighted by Gasteiger charge is 2.19. The molecule has 37 heavy (non-hydrogen) atoms. The number of hydrogen-bond donors (Lipinski definition) is 5. The molecule has 0 radical (unpaired) electrons. The van der Waals surface area contributed by atoms with Crippen LogP contribution in [0.5, 0.6) is 0 Å². The fourth-order valence-corrected chi connectivity index (χ4v) is 4.43. The third-order valence-corrected chi connectivity index (χ3v) is 6.98. The predicted molar refractivity (Wildman–Crippen MR) is 134 cm³/mol. The van der Waals surface area contributed by atoms with Crippen molar-refractivity contribution in [1.82, 2.24) is 9.36 Å². The smallest absolute Gasteiger partial charge is 0.335 e. The minimum atomic E-state index is -4.32. The van der Waals surface area contributed by atoms with Crippen molar-refractivity contribution < 1.29 is 35.8 Å². The van der Waals surface area contributed by atoms with E-state index in [1.54, 1.807) is 0 Å². The third kappa shape index (κ3) is 7.37. The molecule has 0 saturated carbocycles. The van der Waals surface area contributed by atoms with Gasteiger partial charge in [-0.05, 0) is 36.7 Å². The molecule has 0 aliphatic rings. The summed E-state index contributed by atoms with van der Waals surface area (Å²) in [5.74, 6) is -2.59. The number of carbonyl (C=O) groups is 1. The minimum Gasteiger partial charge on any atom is -0.478 e. The molecule has 5 N–H and O–H groups in total. The number of anilines is 2. The zero-order chi connectivity index (χ0) is 27.4. The first-order chi connectivity index (χ1) is 17.3. The average molecular weight is 570 g/mol. The number of aromatic carboxylic acids is 1. The SMILES string of the molecule is Cc1c(C#N)c(NCCS(=O)(=O)O)nc(NCCS(=O)(=O)O)c1N=Nc1snc2ccc(C(=O)O)cc12. The molecule has 0 aliphatic carbocycles. The number of carboxylic acids is 1. The molecule has 2 aromatic heterocycles. The quantitative estimate of drug-likeness (QED) is 0.165. The van der Waals surface area contributed by atoms with Gasteiger partial charge in [-0.3, -0.25) is 9.11 Å². The van der Waals surface area contributed by atoms with E-state index in [-0.39, 0.29) is 52.1 Å². The summed E-state index contributed by atoms with van der Waals surface area (Å²) < 4.78 is 66.5. The van der Waals surface area contributed by atoms with Crippen LogP contribution in [0.2, 0.25) is 0 Å². The van der Waals surface area contributed by atoms with Crippen LogP contribution in [0.15, 0.2) is 28.4 Å². The Kier molecular flexibility index (Phi) is 8.35. The van der Waals surface area contributed by atoms with Gasteiger partial charge in [0.15, 0.2) is 10.8 Å². The lowest BCUT2D eigenvalue weighted by molar-refractivity contribution is 0.0697. The fraction of sp³-hybridized carbons (Fsp3) is 0.263. The van der Waals surface area contributed by atoms with Gasteiger partial charge in [-0.1, -0.05) is 0 Å². The Morgan fingerprint density at radius 3 is 2.27 bits per heavy atom. The summed E-state index contributed by atoms with van der Waals surface area (Å²) >= 11 is 0.947. The zero-order valence-corrected chi connectivity index (χ0v) is 21.4. The van der Waals surface area contributed by atoms with Crippen molar-refractivity contribution in [3.63, 3.8) is 0 Å².